The van der Waals surface area contributed by atoms with Crippen molar-refractivity contribution in [2.24, 2.45) is 0 Å². The van der Waals surface area contributed by atoms with E-state index in [1.54, 1.807) is 0 Å². The molecule has 0 aromatic heterocycles. The van der Waals surface area contributed by atoms with Crippen LogP contribution >= 0.6 is 0 Å². The molecular weight excluding hydrogens is 396 g/mol. The summed E-state index contributed by atoms with van der Waals surface area (Å²) in [7, 11) is -3.64. The minimum Gasteiger partial charge on any atom is -0.452 e. The minimum atomic E-state index is -3.64. The third-order valence-corrected chi connectivity index (χ3v) is 6.35. The molecule has 0 saturated carbocycles. The molecule has 1 saturated heterocycles. The maximum atomic E-state index is 12.7. The van der Waals surface area contributed by atoms with Crippen molar-refractivity contribution in [1.82, 2.24) is 9.62 Å². The average molecular weight is 427 g/mol. The Labute approximate surface area is 172 Å². The van der Waals surface area contributed by atoms with E-state index < -0.39 is 28.5 Å². The quantitative estimate of drug-likeness (QED) is 0.453. The lowest BCUT2D eigenvalue weighted by Crippen LogP contribution is -2.35. The zero-order chi connectivity index (χ0) is 21.3. The molecule has 1 aromatic rings. The van der Waals surface area contributed by atoms with Crippen LogP contribution < -0.4 is 5.32 Å². The molecule has 1 aliphatic rings. The molecule has 1 heterocycles. The number of rotatable bonds is 10. The normalized spacial score (nSPS) is 15.3. The predicted molar refractivity (Wildman–Crippen MR) is 108 cm³/mol. The van der Waals surface area contributed by atoms with Gasteiger partial charge in [0.05, 0.1) is 16.6 Å². The zero-order valence-electron chi connectivity index (χ0n) is 17.1. The summed E-state index contributed by atoms with van der Waals surface area (Å²) in [5, 5.41) is 2.64. The van der Waals surface area contributed by atoms with Crippen LogP contribution in [0.1, 0.15) is 49.9 Å². The van der Waals surface area contributed by atoms with Crippen molar-refractivity contribution in [2.75, 3.05) is 32.8 Å². The van der Waals surface area contributed by atoms with Crippen LogP contribution in [0.2, 0.25) is 0 Å². The van der Waals surface area contributed by atoms with Gasteiger partial charge in [0.2, 0.25) is 10.0 Å². The zero-order valence-corrected chi connectivity index (χ0v) is 17.9. The van der Waals surface area contributed by atoms with Gasteiger partial charge in [-0.2, -0.15) is 4.31 Å². The Bertz CT molecular complexity index is 788. The Morgan fingerprint density at radius 2 is 1.90 bits per heavy atom. The molecule has 162 valence electrons. The van der Waals surface area contributed by atoms with Crippen LogP contribution in [0.25, 0.3) is 0 Å². The third kappa shape index (κ3) is 7.41. The number of hydrogen-bond acceptors (Lipinski definition) is 6. The van der Waals surface area contributed by atoms with Gasteiger partial charge in [0.15, 0.2) is 6.61 Å². The fourth-order valence-corrected chi connectivity index (χ4v) is 4.49. The number of ether oxygens (including phenoxy) is 2. The number of hydrogen-bond donors (Lipinski definition) is 1. The van der Waals surface area contributed by atoms with E-state index >= 15 is 0 Å². The second-order valence-electron chi connectivity index (χ2n) is 7.19. The molecule has 0 radical (unpaired) electrons. The minimum absolute atomic E-state index is 0.0588. The first kappa shape index (κ1) is 23.3. The number of nitrogens with zero attached hydrogens (tertiary/aromatic N) is 1. The summed E-state index contributed by atoms with van der Waals surface area (Å²) in [5.74, 6) is -1.15. The third-order valence-electron chi connectivity index (χ3n) is 4.45. The monoisotopic (exact) mass is 426 g/mol. The van der Waals surface area contributed by atoms with Crippen LogP contribution in [0.4, 0.5) is 0 Å². The summed E-state index contributed by atoms with van der Waals surface area (Å²) < 4.78 is 37.3. The smallest absolute Gasteiger partial charge is 0.338 e. The molecule has 0 aliphatic carbocycles. The Kier molecular flexibility index (Phi) is 9.06. The van der Waals surface area contributed by atoms with Gasteiger partial charge in [-0.1, -0.05) is 12.5 Å². The lowest BCUT2D eigenvalue weighted by Gasteiger charge is -2.25. The Morgan fingerprint density at radius 3 is 2.59 bits per heavy atom. The van der Waals surface area contributed by atoms with Crippen molar-refractivity contribution in [2.45, 2.75) is 50.5 Å². The number of piperidine rings is 1. The molecule has 0 unspecified atom stereocenters. The largest absolute Gasteiger partial charge is 0.452 e. The summed E-state index contributed by atoms with van der Waals surface area (Å²) in [6.07, 6.45) is 3.49. The topological polar surface area (TPSA) is 102 Å². The standard InChI is InChI=1S/C20H30N2O6S/c1-16(2)27-13-7-10-21-19(23)15-28-20(24)17-8-6-9-18(14-17)29(25,26)22-11-4-3-5-12-22/h6,8-9,14,16H,3-5,7,10-13,15H2,1-2H3,(H,21,23). The highest BCUT2D eigenvalue weighted by Crippen LogP contribution is 2.21. The van der Waals surface area contributed by atoms with E-state index in [-0.39, 0.29) is 16.6 Å². The molecule has 2 rings (SSSR count). The number of esters is 1. The number of carbonyl (C=O) groups excluding carboxylic acids is 2. The number of amides is 1. The maximum Gasteiger partial charge on any atom is 0.338 e. The molecule has 29 heavy (non-hydrogen) atoms. The van der Waals surface area contributed by atoms with Crippen LogP contribution in [0.15, 0.2) is 29.2 Å². The van der Waals surface area contributed by atoms with E-state index in [2.05, 4.69) is 5.32 Å². The predicted octanol–water partition coefficient (Wildman–Crippen LogP) is 1.95. The Morgan fingerprint density at radius 1 is 1.17 bits per heavy atom. The number of carbonyl (C=O) groups is 2. The van der Waals surface area contributed by atoms with E-state index in [0.717, 1.165) is 19.3 Å². The second-order valence-corrected chi connectivity index (χ2v) is 9.13. The van der Waals surface area contributed by atoms with Crippen LogP contribution in [0, 0.1) is 0 Å². The highest BCUT2D eigenvalue weighted by molar-refractivity contribution is 7.89. The summed E-state index contributed by atoms with van der Waals surface area (Å²) in [6, 6.07) is 5.74. The van der Waals surface area contributed by atoms with Crippen LogP contribution in [0.3, 0.4) is 0 Å². The molecule has 1 amide bonds. The molecule has 1 N–H and O–H groups in total. The first-order valence-electron chi connectivity index (χ1n) is 9.96. The Balaban J connectivity index is 1.85. The van der Waals surface area contributed by atoms with Gasteiger partial charge in [-0.15, -0.1) is 0 Å². The molecule has 0 bridgehead atoms. The molecule has 1 aromatic carbocycles. The Hall–Kier alpha value is -1.97. The van der Waals surface area contributed by atoms with Crippen LogP contribution in [0.5, 0.6) is 0 Å². The van der Waals surface area contributed by atoms with Crippen molar-refractivity contribution in [3.05, 3.63) is 29.8 Å². The fourth-order valence-electron chi connectivity index (χ4n) is 2.92. The van der Waals surface area contributed by atoms with Gasteiger partial charge in [-0.05, 0) is 51.3 Å². The van der Waals surface area contributed by atoms with Gasteiger partial charge in [0, 0.05) is 26.2 Å². The maximum absolute atomic E-state index is 12.7. The highest BCUT2D eigenvalue weighted by atomic mass is 32.2. The molecule has 0 spiro atoms. The second kappa shape index (κ2) is 11.3. The van der Waals surface area contributed by atoms with Gasteiger partial charge in [0.1, 0.15) is 0 Å². The molecule has 9 heteroatoms. The van der Waals surface area contributed by atoms with Crippen molar-refractivity contribution < 1.29 is 27.5 Å². The molecule has 1 fully saturated rings. The van der Waals surface area contributed by atoms with E-state index in [4.69, 9.17) is 9.47 Å². The number of sulfonamides is 1. The van der Waals surface area contributed by atoms with Gasteiger partial charge in [-0.25, -0.2) is 13.2 Å². The van der Waals surface area contributed by atoms with E-state index in [1.165, 1.54) is 28.6 Å². The van der Waals surface area contributed by atoms with Crippen LogP contribution in [-0.2, 0) is 24.3 Å². The van der Waals surface area contributed by atoms with Crippen molar-refractivity contribution in [3.8, 4) is 0 Å². The van der Waals surface area contributed by atoms with Crippen LogP contribution in [-0.4, -0.2) is 63.6 Å². The van der Waals surface area contributed by atoms with Gasteiger partial charge in [0.25, 0.3) is 5.91 Å². The van der Waals surface area contributed by atoms with Gasteiger partial charge < -0.3 is 14.8 Å². The summed E-state index contributed by atoms with van der Waals surface area (Å²) >= 11 is 0. The molecular formula is C20H30N2O6S. The highest BCUT2D eigenvalue weighted by Gasteiger charge is 2.26. The lowest BCUT2D eigenvalue weighted by atomic mass is 10.2. The summed E-state index contributed by atoms with van der Waals surface area (Å²) in [6.45, 7) is 5.38. The van der Waals surface area contributed by atoms with Gasteiger partial charge in [-0.3, -0.25) is 4.79 Å². The van der Waals surface area contributed by atoms with E-state index in [1.807, 2.05) is 13.8 Å². The lowest BCUT2D eigenvalue weighted by molar-refractivity contribution is -0.124. The van der Waals surface area contributed by atoms with Crippen molar-refractivity contribution in [1.29, 1.82) is 0 Å². The first-order chi connectivity index (χ1) is 13.8. The van der Waals surface area contributed by atoms with E-state index in [0.29, 0.717) is 32.7 Å². The number of nitrogens with one attached hydrogen (secondary N) is 1. The molecule has 1 aliphatic heterocycles. The van der Waals surface area contributed by atoms with Gasteiger partial charge >= 0.3 is 5.97 Å². The molecule has 8 nitrogen and oxygen atoms in total. The average Bonchev–Trinajstić information content (AvgIpc) is 2.72. The number of benzene rings is 1. The molecule has 0 atom stereocenters. The van der Waals surface area contributed by atoms with Crippen molar-refractivity contribution >= 4 is 21.9 Å². The SMILES string of the molecule is CC(C)OCCCNC(=O)COC(=O)c1cccc(S(=O)(=O)N2CCCCC2)c1. The van der Waals surface area contributed by atoms with E-state index in [9.17, 15) is 18.0 Å². The summed E-state index contributed by atoms with van der Waals surface area (Å²) in [4.78, 5) is 24.1. The van der Waals surface area contributed by atoms with Crippen molar-refractivity contribution in [3.63, 3.8) is 0 Å². The first-order valence-corrected chi connectivity index (χ1v) is 11.4. The summed E-state index contributed by atoms with van der Waals surface area (Å²) in [5.41, 5.74) is 0.0983. The fraction of sp³-hybridized carbons (Fsp3) is 0.600.